The molecule has 1 unspecified atom stereocenters. The molecule has 2 rings (SSSR count). The van der Waals surface area contributed by atoms with Crippen molar-refractivity contribution in [3.8, 4) is 0 Å². The molecule has 1 amide bonds. The Morgan fingerprint density at radius 2 is 2.10 bits per heavy atom. The van der Waals surface area contributed by atoms with Gasteiger partial charge in [0.2, 0.25) is 0 Å². The molecule has 1 aromatic carbocycles. The first-order valence-corrected chi connectivity index (χ1v) is 7.00. The molecule has 0 aliphatic carbocycles. The Morgan fingerprint density at radius 1 is 1.40 bits per heavy atom. The highest BCUT2D eigenvalue weighted by Gasteiger charge is 2.36. The van der Waals surface area contributed by atoms with Crippen LogP contribution in [0.25, 0.3) is 0 Å². The highest BCUT2D eigenvalue weighted by Crippen LogP contribution is 2.34. The van der Waals surface area contributed by atoms with Crippen molar-refractivity contribution in [2.45, 2.75) is 25.1 Å². The average Bonchev–Trinajstić information content (AvgIpc) is 2.37. The molecule has 0 spiro atoms. The SMILES string of the molecule is NC1CCCN(C(=O)c2ccc(Br)cc2C(F)(F)F)C1. The van der Waals surface area contributed by atoms with Crippen molar-refractivity contribution in [3.05, 3.63) is 33.8 Å². The standard InChI is InChI=1S/C13H14BrF3N2O/c14-8-3-4-10(11(6-8)13(15,16)17)12(20)19-5-1-2-9(18)7-19/h3-4,6,9H,1-2,5,7,18H2. The lowest BCUT2D eigenvalue weighted by atomic mass is 10.0. The van der Waals surface area contributed by atoms with Crippen molar-refractivity contribution in [3.63, 3.8) is 0 Å². The lowest BCUT2D eigenvalue weighted by Crippen LogP contribution is -2.46. The zero-order valence-electron chi connectivity index (χ0n) is 10.6. The number of halogens is 4. The van der Waals surface area contributed by atoms with Crippen LogP contribution in [0.4, 0.5) is 13.2 Å². The van der Waals surface area contributed by atoms with Gasteiger partial charge < -0.3 is 10.6 Å². The Hall–Kier alpha value is -1.08. The predicted octanol–water partition coefficient (Wildman–Crippen LogP) is 3.03. The molecule has 1 aromatic rings. The number of likely N-dealkylation sites (tertiary alicyclic amines) is 1. The number of nitrogens with zero attached hydrogens (tertiary/aromatic N) is 1. The second kappa shape index (κ2) is 5.73. The molecule has 2 N–H and O–H groups in total. The molecule has 3 nitrogen and oxygen atoms in total. The number of carbonyl (C=O) groups excluding carboxylic acids is 1. The zero-order valence-corrected chi connectivity index (χ0v) is 12.2. The maximum Gasteiger partial charge on any atom is 0.417 e. The van der Waals surface area contributed by atoms with E-state index in [2.05, 4.69) is 15.9 Å². The highest BCUT2D eigenvalue weighted by atomic mass is 79.9. The maximum absolute atomic E-state index is 13.0. The van der Waals surface area contributed by atoms with Crippen molar-refractivity contribution >= 4 is 21.8 Å². The van der Waals surface area contributed by atoms with Crippen molar-refractivity contribution in [2.75, 3.05) is 13.1 Å². The van der Waals surface area contributed by atoms with Gasteiger partial charge in [-0.1, -0.05) is 15.9 Å². The number of carbonyl (C=O) groups is 1. The highest BCUT2D eigenvalue weighted by molar-refractivity contribution is 9.10. The number of piperidine rings is 1. The van der Waals surface area contributed by atoms with E-state index in [1.807, 2.05) is 0 Å². The summed E-state index contributed by atoms with van der Waals surface area (Å²) in [7, 11) is 0. The number of benzene rings is 1. The lowest BCUT2D eigenvalue weighted by Gasteiger charge is -2.31. The Kier molecular flexibility index (Phi) is 4.39. The van der Waals surface area contributed by atoms with E-state index in [9.17, 15) is 18.0 Å². The molecular weight excluding hydrogens is 337 g/mol. The number of nitrogens with two attached hydrogens (primary N) is 1. The minimum Gasteiger partial charge on any atom is -0.337 e. The van der Waals surface area contributed by atoms with E-state index in [-0.39, 0.29) is 16.1 Å². The lowest BCUT2D eigenvalue weighted by molar-refractivity contribution is -0.138. The summed E-state index contributed by atoms with van der Waals surface area (Å²) in [6.45, 7) is 0.742. The third-order valence-corrected chi connectivity index (χ3v) is 3.76. The summed E-state index contributed by atoms with van der Waals surface area (Å²) in [5, 5.41) is 0. The third-order valence-electron chi connectivity index (χ3n) is 3.26. The fourth-order valence-corrected chi connectivity index (χ4v) is 2.66. The quantitative estimate of drug-likeness (QED) is 0.846. The smallest absolute Gasteiger partial charge is 0.337 e. The molecule has 1 aliphatic heterocycles. The average molecular weight is 351 g/mol. The third kappa shape index (κ3) is 3.32. The van der Waals surface area contributed by atoms with E-state index in [0.29, 0.717) is 19.5 Å². The van der Waals surface area contributed by atoms with Crippen LogP contribution in [0.3, 0.4) is 0 Å². The summed E-state index contributed by atoms with van der Waals surface area (Å²) in [6, 6.07) is 3.40. The van der Waals surface area contributed by atoms with Gasteiger partial charge in [0, 0.05) is 23.6 Å². The Balaban J connectivity index is 2.34. The van der Waals surface area contributed by atoms with E-state index in [4.69, 9.17) is 5.73 Å². The summed E-state index contributed by atoms with van der Waals surface area (Å²) in [5.74, 6) is -0.611. The van der Waals surface area contributed by atoms with Crippen LogP contribution in [0, 0.1) is 0 Å². The summed E-state index contributed by atoms with van der Waals surface area (Å²) in [5.41, 5.74) is 4.52. The number of alkyl halides is 3. The molecule has 1 aliphatic rings. The van der Waals surface area contributed by atoms with Crippen LogP contribution in [-0.2, 0) is 6.18 Å². The maximum atomic E-state index is 13.0. The monoisotopic (exact) mass is 350 g/mol. The molecule has 110 valence electrons. The van der Waals surface area contributed by atoms with Crippen molar-refractivity contribution in [1.29, 1.82) is 0 Å². The normalized spacial score (nSPS) is 20.1. The van der Waals surface area contributed by atoms with Gasteiger partial charge >= 0.3 is 6.18 Å². The Labute approximate surface area is 123 Å². The van der Waals surface area contributed by atoms with Crippen molar-refractivity contribution in [2.24, 2.45) is 5.73 Å². The number of hydrogen-bond donors (Lipinski definition) is 1. The number of amides is 1. The van der Waals surface area contributed by atoms with E-state index >= 15 is 0 Å². The van der Waals surface area contributed by atoms with E-state index in [0.717, 1.165) is 12.5 Å². The summed E-state index contributed by atoms with van der Waals surface area (Å²) in [4.78, 5) is 13.7. The molecule has 1 fully saturated rings. The van der Waals surface area contributed by atoms with Crippen LogP contribution in [0.5, 0.6) is 0 Å². The minimum absolute atomic E-state index is 0.169. The van der Waals surface area contributed by atoms with E-state index < -0.39 is 17.6 Å². The summed E-state index contributed by atoms with van der Waals surface area (Å²) >= 11 is 3.00. The second-order valence-electron chi connectivity index (χ2n) is 4.84. The largest absolute Gasteiger partial charge is 0.417 e. The van der Waals surface area contributed by atoms with Crippen LogP contribution < -0.4 is 5.73 Å². The molecule has 20 heavy (non-hydrogen) atoms. The van der Waals surface area contributed by atoms with Crippen LogP contribution in [-0.4, -0.2) is 29.9 Å². The fourth-order valence-electron chi connectivity index (χ4n) is 2.30. The topological polar surface area (TPSA) is 46.3 Å². The van der Waals surface area contributed by atoms with E-state index in [1.165, 1.54) is 17.0 Å². The summed E-state index contributed by atoms with van der Waals surface area (Å²) in [6.07, 6.45) is -3.06. The van der Waals surface area contributed by atoms with Gasteiger partial charge in [0.1, 0.15) is 0 Å². The molecule has 0 radical (unpaired) electrons. The first-order chi connectivity index (χ1) is 9.29. The van der Waals surface area contributed by atoms with Gasteiger partial charge in [-0.3, -0.25) is 4.79 Å². The van der Waals surface area contributed by atoms with Crippen molar-refractivity contribution < 1.29 is 18.0 Å². The molecular formula is C13H14BrF3N2O. The van der Waals surface area contributed by atoms with Crippen LogP contribution in [0.2, 0.25) is 0 Å². The van der Waals surface area contributed by atoms with Gasteiger partial charge in [-0.05, 0) is 31.0 Å². The Bertz CT molecular complexity index is 519. The van der Waals surface area contributed by atoms with Crippen LogP contribution >= 0.6 is 15.9 Å². The molecule has 0 saturated carbocycles. The fraction of sp³-hybridized carbons (Fsp3) is 0.462. The van der Waals surface area contributed by atoms with Gasteiger partial charge in [-0.25, -0.2) is 0 Å². The molecule has 0 aromatic heterocycles. The van der Waals surface area contributed by atoms with Gasteiger partial charge in [0.05, 0.1) is 11.1 Å². The number of hydrogen-bond acceptors (Lipinski definition) is 2. The van der Waals surface area contributed by atoms with Gasteiger partial charge in [-0.2, -0.15) is 13.2 Å². The first-order valence-electron chi connectivity index (χ1n) is 6.20. The number of rotatable bonds is 1. The molecule has 1 atom stereocenters. The van der Waals surface area contributed by atoms with Gasteiger partial charge in [-0.15, -0.1) is 0 Å². The van der Waals surface area contributed by atoms with Crippen molar-refractivity contribution in [1.82, 2.24) is 4.90 Å². The van der Waals surface area contributed by atoms with E-state index in [1.54, 1.807) is 0 Å². The molecule has 7 heteroatoms. The summed E-state index contributed by atoms with van der Waals surface area (Å²) < 4.78 is 39.3. The molecule has 1 saturated heterocycles. The zero-order chi connectivity index (χ0) is 14.9. The van der Waals surface area contributed by atoms with Crippen LogP contribution in [0.1, 0.15) is 28.8 Å². The second-order valence-corrected chi connectivity index (χ2v) is 5.76. The molecule has 0 bridgehead atoms. The predicted molar refractivity (Wildman–Crippen MR) is 72.3 cm³/mol. The van der Waals surface area contributed by atoms with Crippen LogP contribution in [0.15, 0.2) is 22.7 Å². The molecule has 1 heterocycles. The van der Waals surface area contributed by atoms with Gasteiger partial charge in [0.25, 0.3) is 5.91 Å². The minimum atomic E-state index is -4.56. The first kappa shape index (κ1) is 15.3. The van der Waals surface area contributed by atoms with Gasteiger partial charge in [0.15, 0.2) is 0 Å². The Morgan fingerprint density at radius 3 is 2.70 bits per heavy atom.